The maximum absolute atomic E-state index is 11.2. The van der Waals surface area contributed by atoms with E-state index in [0.717, 1.165) is 0 Å². The molecule has 110 valence electrons. The second kappa shape index (κ2) is 7.17. The first kappa shape index (κ1) is 15.5. The van der Waals surface area contributed by atoms with Crippen LogP contribution in [0.5, 0.6) is 11.5 Å². The van der Waals surface area contributed by atoms with Crippen molar-refractivity contribution in [3.05, 3.63) is 27.8 Å². The van der Waals surface area contributed by atoms with Crippen LogP contribution in [0.1, 0.15) is 12.5 Å². The summed E-state index contributed by atoms with van der Waals surface area (Å²) >= 11 is 0. The second-order valence-corrected chi connectivity index (χ2v) is 3.70. The smallest absolute Gasteiger partial charge is 0.407 e. The Hall–Kier alpha value is -2.51. The summed E-state index contributed by atoms with van der Waals surface area (Å²) in [6, 6.07) is 2.64. The number of benzene rings is 1. The summed E-state index contributed by atoms with van der Waals surface area (Å²) in [4.78, 5) is 21.7. The zero-order valence-corrected chi connectivity index (χ0v) is 11.5. The number of carbonyl (C=O) groups is 1. The van der Waals surface area contributed by atoms with Crippen molar-refractivity contribution in [2.45, 2.75) is 13.5 Å². The minimum Gasteiger partial charge on any atom is -0.493 e. The van der Waals surface area contributed by atoms with E-state index < -0.39 is 11.0 Å². The Bertz CT molecular complexity index is 503. The fourth-order valence-electron chi connectivity index (χ4n) is 1.53. The molecule has 20 heavy (non-hydrogen) atoms. The van der Waals surface area contributed by atoms with Crippen molar-refractivity contribution in [3.63, 3.8) is 0 Å². The molecule has 0 saturated carbocycles. The first-order chi connectivity index (χ1) is 9.53. The lowest BCUT2D eigenvalue weighted by molar-refractivity contribution is -0.385. The molecule has 1 N–H and O–H groups in total. The van der Waals surface area contributed by atoms with Crippen molar-refractivity contribution in [3.8, 4) is 11.5 Å². The zero-order valence-electron chi connectivity index (χ0n) is 11.5. The van der Waals surface area contributed by atoms with Crippen molar-refractivity contribution in [2.75, 3.05) is 20.8 Å². The molecule has 8 nitrogen and oxygen atoms in total. The molecule has 0 atom stereocenters. The van der Waals surface area contributed by atoms with Gasteiger partial charge in [-0.25, -0.2) is 4.79 Å². The van der Waals surface area contributed by atoms with Gasteiger partial charge >= 0.3 is 6.09 Å². The third-order valence-corrected chi connectivity index (χ3v) is 2.46. The van der Waals surface area contributed by atoms with Crippen molar-refractivity contribution in [1.29, 1.82) is 0 Å². The number of nitrogens with one attached hydrogen (secondary N) is 1. The van der Waals surface area contributed by atoms with E-state index in [2.05, 4.69) is 5.32 Å². The third-order valence-electron chi connectivity index (χ3n) is 2.46. The van der Waals surface area contributed by atoms with E-state index in [4.69, 9.17) is 14.2 Å². The van der Waals surface area contributed by atoms with Gasteiger partial charge in [0.1, 0.15) is 6.61 Å². The number of amides is 1. The lowest BCUT2D eigenvalue weighted by atomic mass is 10.1. The van der Waals surface area contributed by atoms with Gasteiger partial charge in [-0.05, 0) is 13.0 Å². The van der Waals surface area contributed by atoms with E-state index in [-0.39, 0.29) is 23.6 Å². The average molecular weight is 284 g/mol. The predicted octanol–water partition coefficient (Wildman–Crippen LogP) is 1.86. The normalized spacial score (nSPS) is 9.75. The maximum atomic E-state index is 11.2. The molecular formula is C12H16N2O6. The molecule has 1 amide bonds. The van der Waals surface area contributed by atoms with Crippen molar-refractivity contribution in [2.24, 2.45) is 0 Å². The number of methoxy groups -OCH3 is 2. The van der Waals surface area contributed by atoms with Crippen LogP contribution in [0, 0.1) is 10.1 Å². The molecule has 0 spiro atoms. The highest BCUT2D eigenvalue weighted by Gasteiger charge is 2.20. The van der Waals surface area contributed by atoms with Gasteiger partial charge in [0.15, 0.2) is 11.5 Å². The SMILES string of the molecule is CCNC(=O)OCc1cc(OC)c(OC)cc1[N+](=O)[O-]. The number of nitro groups is 1. The standard InChI is InChI=1S/C12H16N2O6/c1-4-13-12(15)20-7-8-5-10(18-2)11(19-3)6-9(8)14(16)17/h5-6H,4,7H2,1-3H3,(H,13,15). The van der Waals surface area contributed by atoms with Gasteiger partial charge in [-0.2, -0.15) is 0 Å². The Morgan fingerprint density at radius 1 is 1.30 bits per heavy atom. The van der Waals surface area contributed by atoms with Crippen LogP contribution in [0.25, 0.3) is 0 Å². The monoisotopic (exact) mass is 284 g/mol. The summed E-state index contributed by atoms with van der Waals surface area (Å²) in [6.45, 7) is 1.91. The van der Waals surface area contributed by atoms with Gasteiger partial charge < -0.3 is 19.5 Å². The van der Waals surface area contributed by atoms with Gasteiger partial charge in [0.05, 0.1) is 30.8 Å². The molecule has 0 heterocycles. The van der Waals surface area contributed by atoms with Crippen LogP contribution in [0.4, 0.5) is 10.5 Å². The molecule has 0 saturated heterocycles. The Morgan fingerprint density at radius 2 is 1.90 bits per heavy atom. The number of carbonyl (C=O) groups excluding carboxylic acids is 1. The van der Waals surface area contributed by atoms with E-state index in [1.54, 1.807) is 6.92 Å². The lowest BCUT2D eigenvalue weighted by Gasteiger charge is -2.11. The highest BCUT2D eigenvalue weighted by molar-refractivity contribution is 5.67. The highest BCUT2D eigenvalue weighted by Crippen LogP contribution is 2.34. The second-order valence-electron chi connectivity index (χ2n) is 3.70. The maximum Gasteiger partial charge on any atom is 0.407 e. The Morgan fingerprint density at radius 3 is 2.40 bits per heavy atom. The van der Waals surface area contributed by atoms with Crippen LogP contribution >= 0.6 is 0 Å². The number of hydrogen-bond donors (Lipinski definition) is 1. The molecular weight excluding hydrogens is 268 g/mol. The average Bonchev–Trinajstić information content (AvgIpc) is 2.44. The summed E-state index contributed by atoms with van der Waals surface area (Å²) in [5, 5.41) is 13.4. The fraction of sp³-hybridized carbons (Fsp3) is 0.417. The topological polar surface area (TPSA) is 99.9 Å². The number of hydrogen-bond acceptors (Lipinski definition) is 6. The van der Waals surface area contributed by atoms with Crippen LogP contribution in [-0.4, -0.2) is 31.8 Å². The number of rotatable bonds is 6. The van der Waals surface area contributed by atoms with Crippen LogP contribution in [0.3, 0.4) is 0 Å². The molecule has 1 aromatic rings. The van der Waals surface area contributed by atoms with Gasteiger partial charge in [0, 0.05) is 6.54 Å². The van der Waals surface area contributed by atoms with Gasteiger partial charge in [-0.3, -0.25) is 10.1 Å². The number of nitrogens with zero attached hydrogens (tertiary/aromatic N) is 1. The molecule has 0 aliphatic rings. The molecule has 1 aromatic carbocycles. The van der Waals surface area contributed by atoms with E-state index in [1.807, 2.05) is 0 Å². The first-order valence-electron chi connectivity index (χ1n) is 5.83. The van der Waals surface area contributed by atoms with Crippen molar-refractivity contribution in [1.82, 2.24) is 5.32 Å². The number of ether oxygens (including phenoxy) is 3. The molecule has 0 unspecified atom stereocenters. The third kappa shape index (κ3) is 3.74. The van der Waals surface area contributed by atoms with E-state index >= 15 is 0 Å². The van der Waals surface area contributed by atoms with E-state index in [1.165, 1.54) is 26.4 Å². The van der Waals surface area contributed by atoms with Crippen molar-refractivity contribution < 1.29 is 23.9 Å². The minimum absolute atomic E-state index is 0.202. The van der Waals surface area contributed by atoms with Crippen LogP contribution in [-0.2, 0) is 11.3 Å². The fourth-order valence-corrected chi connectivity index (χ4v) is 1.53. The summed E-state index contributed by atoms with van der Waals surface area (Å²) < 4.78 is 14.9. The van der Waals surface area contributed by atoms with Gasteiger partial charge in [-0.1, -0.05) is 0 Å². The molecule has 0 radical (unpaired) electrons. The van der Waals surface area contributed by atoms with Crippen LogP contribution in [0.15, 0.2) is 12.1 Å². The summed E-state index contributed by atoms with van der Waals surface area (Å²) in [5.41, 5.74) is 0.0193. The van der Waals surface area contributed by atoms with E-state index in [0.29, 0.717) is 12.3 Å². The Balaban J connectivity index is 3.03. The molecule has 0 aliphatic heterocycles. The molecule has 0 bridgehead atoms. The van der Waals surface area contributed by atoms with Crippen LogP contribution < -0.4 is 14.8 Å². The summed E-state index contributed by atoms with van der Waals surface area (Å²) in [5.74, 6) is 0.563. The summed E-state index contributed by atoms with van der Waals surface area (Å²) in [6.07, 6.45) is -0.642. The molecule has 0 aromatic heterocycles. The number of nitro benzene ring substituents is 1. The number of alkyl carbamates (subject to hydrolysis) is 1. The van der Waals surface area contributed by atoms with Gasteiger partial charge in [0.2, 0.25) is 0 Å². The Kier molecular flexibility index (Phi) is 5.57. The highest BCUT2D eigenvalue weighted by atomic mass is 16.6. The van der Waals surface area contributed by atoms with Gasteiger partial charge in [-0.15, -0.1) is 0 Å². The lowest BCUT2D eigenvalue weighted by Crippen LogP contribution is -2.23. The Labute approximate surface area is 115 Å². The first-order valence-corrected chi connectivity index (χ1v) is 5.83. The molecule has 0 fully saturated rings. The van der Waals surface area contributed by atoms with Gasteiger partial charge in [0.25, 0.3) is 5.69 Å². The molecule has 8 heteroatoms. The predicted molar refractivity (Wildman–Crippen MR) is 70.1 cm³/mol. The quantitative estimate of drug-likeness (QED) is 0.632. The van der Waals surface area contributed by atoms with Crippen LogP contribution in [0.2, 0.25) is 0 Å². The minimum atomic E-state index is -0.642. The summed E-state index contributed by atoms with van der Waals surface area (Å²) in [7, 11) is 2.80. The van der Waals surface area contributed by atoms with Crippen molar-refractivity contribution >= 4 is 11.8 Å². The zero-order chi connectivity index (χ0) is 15.1. The van der Waals surface area contributed by atoms with E-state index in [9.17, 15) is 14.9 Å². The molecule has 0 aliphatic carbocycles. The largest absolute Gasteiger partial charge is 0.493 e. The molecule has 1 rings (SSSR count).